The lowest BCUT2D eigenvalue weighted by Crippen LogP contribution is -2.49. The van der Waals surface area contributed by atoms with Crippen molar-refractivity contribution in [1.82, 2.24) is 10.6 Å². The van der Waals surface area contributed by atoms with Crippen LogP contribution < -0.4 is 16.4 Å². The van der Waals surface area contributed by atoms with Crippen LogP contribution in [0.5, 0.6) is 0 Å². The number of nitrogens with one attached hydrogen (secondary N) is 2. The topological polar surface area (TPSA) is 84.2 Å². The van der Waals surface area contributed by atoms with Gasteiger partial charge in [0.15, 0.2) is 0 Å². The van der Waals surface area contributed by atoms with Gasteiger partial charge in [0.2, 0.25) is 5.91 Å². The summed E-state index contributed by atoms with van der Waals surface area (Å²) in [6, 6.07) is 3.05. The first-order valence-corrected chi connectivity index (χ1v) is 7.76. The van der Waals surface area contributed by atoms with Crippen molar-refractivity contribution in [2.24, 2.45) is 11.7 Å². The van der Waals surface area contributed by atoms with Crippen LogP contribution in [0, 0.1) is 5.92 Å². The van der Waals surface area contributed by atoms with Gasteiger partial charge in [0.1, 0.15) is 6.04 Å². The zero-order chi connectivity index (χ0) is 15.0. The van der Waals surface area contributed by atoms with Crippen molar-refractivity contribution in [3.8, 4) is 0 Å². The highest BCUT2D eigenvalue weighted by Crippen LogP contribution is 2.10. The van der Waals surface area contributed by atoms with Gasteiger partial charge < -0.3 is 16.4 Å². The third kappa shape index (κ3) is 5.30. The van der Waals surface area contributed by atoms with E-state index in [-0.39, 0.29) is 17.7 Å². The molecule has 6 heteroatoms. The summed E-state index contributed by atoms with van der Waals surface area (Å²) in [5.41, 5.74) is 5.40. The Labute approximate surface area is 123 Å². The van der Waals surface area contributed by atoms with Crippen LogP contribution in [-0.4, -0.2) is 30.9 Å². The lowest BCUT2D eigenvalue weighted by Gasteiger charge is -2.21. The molecule has 1 heterocycles. The monoisotopic (exact) mass is 297 g/mol. The third-order valence-electron chi connectivity index (χ3n) is 2.91. The number of amides is 2. The van der Waals surface area contributed by atoms with E-state index in [9.17, 15) is 9.59 Å². The van der Waals surface area contributed by atoms with Crippen molar-refractivity contribution in [2.75, 3.05) is 13.1 Å². The van der Waals surface area contributed by atoms with Crippen molar-refractivity contribution < 1.29 is 9.59 Å². The van der Waals surface area contributed by atoms with Crippen molar-refractivity contribution in [2.45, 2.75) is 32.7 Å². The molecule has 20 heavy (non-hydrogen) atoms. The summed E-state index contributed by atoms with van der Waals surface area (Å²) in [4.78, 5) is 24.7. The molecule has 0 bridgehead atoms. The molecule has 5 nitrogen and oxygen atoms in total. The normalized spacial score (nSPS) is 12.2. The number of carbonyl (C=O) groups excluding carboxylic acids is 2. The Bertz CT molecular complexity index is 418. The average Bonchev–Trinajstić information content (AvgIpc) is 2.94. The number of nitrogens with two attached hydrogens (primary N) is 1. The van der Waals surface area contributed by atoms with E-state index in [0.717, 1.165) is 12.8 Å². The summed E-state index contributed by atoms with van der Waals surface area (Å²) in [6.07, 6.45) is 1.74. The van der Waals surface area contributed by atoms with Crippen LogP contribution in [0.1, 0.15) is 36.4 Å². The Balaban J connectivity index is 2.51. The molecule has 0 saturated carbocycles. The van der Waals surface area contributed by atoms with Crippen LogP contribution in [0.3, 0.4) is 0 Å². The number of hydrogen-bond donors (Lipinski definition) is 3. The van der Waals surface area contributed by atoms with Crippen LogP contribution in [0.2, 0.25) is 0 Å². The number of carbonyl (C=O) groups is 2. The second-order valence-electron chi connectivity index (χ2n) is 4.96. The van der Waals surface area contributed by atoms with Crippen LogP contribution in [0.25, 0.3) is 0 Å². The van der Waals surface area contributed by atoms with Gasteiger partial charge in [-0.15, -0.1) is 11.3 Å². The van der Waals surface area contributed by atoms with Crippen molar-refractivity contribution in [1.29, 1.82) is 0 Å². The van der Waals surface area contributed by atoms with Crippen molar-refractivity contribution in [3.05, 3.63) is 22.4 Å². The van der Waals surface area contributed by atoms with Crippen LogP contribution >= 0.6 is 11.3 Å². The molecule has 1 aromatic heterocycles. The van der Waals surface area contributed by atoms with E-state index in [1.165, 1.54) is 11.3 Å². The first-order valence-electron chi connectivity index (χ1n) is 6.88. The lowest BCUT2D eigenvalue weighted by molar-refractivity contribution is -0.123. The van der Waals surface area contributed by atoms with E-state index >= 15 is 0 Å². The standard InChI is InChI=1S/C14H23N3O2S/c1-10(2)12(14(19)16-8-4-3-7-15)17-13(18)11-6-5-9-20-11/h5-6,9-10,12H,3-4,7-8,15H2,1-2H3,(H,16,19)(H,17,18). The summed E-state index contributed by atoms with van der Waals surface area (Å²) in [5.74, 6) is -0.300. The lowest BCUT2D eigenvalue weighted by atomic mass is 10.0. The second-order valence-corrected chi connectivity index (χ2v) is 5.91. The van der Waals surface area contributed by atoms with Crippen molar-refractivity contribution >= 4 is 23.2 Å². The maximum Gasteiger partial charge on any atom is 0.262 e. The highest BCUT2D eigenvalue weighted by molar-refractivity contribution is 7.12. The third-order valence-corrected chi connectivity index (χ3v) is 3.78. The maximum absolute atomic E-state index is 12.1. The molecule has 0 aliphatic rings. The largest absolute Gasteiger partial charge is 0.354 e. The second kappa shape index (κ2) is 8.71. The Morgan fingerprint density at radius 3 is 2.65 bits per heavy atom. The minimum absolute atomic E-state index is 0.0356. The van der Waals surface area contributed by atoms with Crippen molar-refractivity contribution in [3.63, 3.8) is 0 Å². The molecule has 1 atom stereocenters. The SMILES string of the molecule is CC(C)C(NC(=O)c1cccs1)C(=O)NCCCCN. The highest BCUT2D eigenvalue weighted by atomic mass is 32.1. The number of unbranched alkanes of at least 4 members (excludes halogenated alkanes) is 1. The van der Waals surface area contributed by atoms with Gasteiger partial charge in [-0.1, -0.05) is 19.9 Å². The molecular formula is C14H23N3O2S. The fourth-order valence-corrected chi connectivity index (χ4v) is 2.37. The smallest absolute Gasteiger partial charge is 0.262 e. The molecule has 1 aromatic rings. The number of hydrogen-bond acceptors (Lipinski definition) is 4. The Morgan fingerprint density at radius 2 is 2.10 bits per heavy atom. The molecule has 0 aliphatic heterocycles. The predicted octanol–water partition coefficient (Wildman–Crippen LogP) is 1.36. The van der Waals surface area contributed by atoms with Gasteiger partial charge in [-0.2, -0.15) is 0 Å². The molecule has 4 N–H and O–H groups in total. The molecule has 0 spiro atoms. The van der Waals surface area contributed by atoms with Gasteiger partial charge in [0.25, 0.3) is 5.91 Å². The average molecular weight is 297 g/mol. The fraction of sp³-hybridized carbons (Fsp3) is 0.571. The van der Waals surface area contributed by atoms with Gasteiger partial charge >= 0.3 is 0 Å². The number of rotatable bonds is 8. The maximum atomic E-state index is 12.1. The van der Waals surface area contributed by atoms with Gasteiger partial charge in [0, 0.05) is 6.54 Å². The molecule has 0 aromatic carbocycles. The van der Waals surface area contributed by atoms with E-state index < -0.39 is 6.04 Å². The molecule has 1 unspecified atom stereocenters. The Morgan fingerprint density at radius 1 is 1.35 bits per heavy atom. The Kier molecular flexibility index (Phi) is 7.25. The summed E-state index contributed by atoms with van der Waals surface area (Å²) in [6.45, 7) is 5.05. The van der Waals surface area contributed by atoms with Gasteiger partial charge in [-0.05, 0) is 36.8 Å². The van der Waals surface area contributed by atoms with Gasteiger partial charge in [-0.3, -0.25) is 9.59 Å². The molecule has 2 amide bonds. The molecular weight excluding hydrogens is 274 g/mol. The molecule has 0 fully saturated rings. The summed E-state index contributed by atoms with van der Waals surface area (Å²) >= 11 is 1.36. The molecule has 1 rings (SSSR count). The van der Waals surface area contributed by atoms with Gasteiger partial charge in [-0.25, -0.2) is 0 Å². The predicted molar refractivity (Wildman–Crippen MR) is 81.7 cm³/mol. The molecule has 0 aliphatic carbocycles. The van der Waals surface area contributed by atoms with Crippen LogP contribution in [-0.2, 0) is 4.79 Å². The zero-order valence-electron chi connectivity index (χ0n) is 12.0. The summed E-state index contributed by atoms with van der Waals surface area (Å²) in [5, 5.41) is 7.48. The van der Waals surface area contributed by atoms with Crippen LogP contribution in [0.15, 0.2) is 17.5 Å². The van der Waals surface area contributed by atoms with E-state index in [4.69, 9.17) is 5.73 Å². The fourth-order valence-electron chi connectivity index (χ4n) is 1.75. The first-order chi connectivity index (χ1) is 9.56. The van der Waals surface area contributed by atoms with E-state index in [1.807, 2.05) is 25.3 Å². The van der Waals surface area contributed by atoms with Gasteiger partial charge in [0.05, 0.1) is 4.88 Å². The Hall–Kier alpha value is -1.40. The summed E-state index contributed by atoms with van der Waals surface area (Å²) in [7, 11) is 0. The minimum Gasteiger partial charge on any atom is -0.354 e. The molecule has 112 valence electrons. The number of thiophene rings is 1. The minimum atomic E-state index is -0.512. The van der Waals surface area contributed by atoms with E-state index in [1.54, 1.807) is 6.07 Å². The van der Waals surface area contributed by atoms with E-state index in [2.05, 4.69) is 10.6 Å². The zero-order valence-corrected chi connectivity index (χ0v) is 12.8. The van der Waals surface area contributed by atoms with Crippen LogP contribution in [0.4, 0.5) is 0 Å². The quantitative estimate of drug-likeness (QED) is 0.633. The highest BCUT2D eigenvalue weighted by Gasteiger charge is 2.24. The first kappa shape index (κ1) is 16.7. The molecule has 0 saturated heterocycles. The van der Waals surface area contributed by atoms with E-state index in [0.29, 0.717) is 18.0 Å². The molecule has 0 radical (unpaired) electrons. The summed E-state index contributed by atoms with van der Waals surface area (Å²) < 4.78 is 0.